The van der Waals surface area contributed by atoms with Crippen LogP contribution in [0.25, 0.3) is 27.8 Å². The van der Waals surface area contributed by atoms with Crippen molar-refractivity contribution in [1.29, 1.82) is 5.26 Å². The molecule has 0 atom stereocenters. The van der Waals surface area contributed by atoms with E-state index in [1.807, 2.05) is 18.2 Å². The summed E-state index contributed by atoms with van der Waals surface area (Å²) in [7, 11) is 0. The molecule has 2 heterocycles. The van der Waals surface area contributed by atoms with E-state index in [4.69, 9.17) is 4.42 Å². The summed E-state index contributed by atoms with van der Waals surface area (Å²) in [5.41, 5.74) is 1.02. The van der Waals surface area contributed by atoms with Crippen molar-refractivity contribution in [1.82, 2.24) is 4.98 Å². The number of rotatable bonds is 6. The Morgan fingerprint density at radius 2 is 2.00 bits per heavy atom. The number of anilines is 1. The van der Waals surface area contributed by atoms with Gasteiger partial charge in [-0.2, -0.15) is 14.0 Å². The van der Waals surface area contributed by atoms with Gasteiger partial charge in [0, 0.05) is 17.0 Å². The number of thiazole rings is 1. The second-order valence-electron chi connectivity index (χ2n) is 6.21. The number of nitrogens with one attached hydrogen (secondary N) is 1. The molecular weight excluding hydrogens is 424 g/mol. The van der Waals surface area contributed by atoms with Crippen LogP contribution in [0.3, 0.4) is 0 Å². The highest BCUT2D eigenvalue weighted by Gasteiger charge is 2.14. The van der Waals surface area contributed by atoms with Crippen LogP contribution in [0.1, 0.15) is 5.01 Å². The van der Waals surface area contributed by atoms with Crippen LogP contribution in [-0.2, 0) is 0 Å². The normalized spacial score (nSPS) is 11.5. The molecule has 4 aromatic rings. The van der Waals surface area contributed by atoms with Gasteiger partial charge in [0.25, 0.3) is 0 Å². The van der Waals surface area contributed by atoms with Gasteiger partial charge in [-0.1, -0.05) is 30.3 Å². The first-order valence-corrected chi connectivity index (χ1v) is 9.83. The van der Waals surface area contributed by atoms with Gasteiger partial charge in [0.05, 0.1) is 16.9 Å². The zero-order valence-electron chi connectivity index (χ0n) is 15.7. The van der Waals surface area contributed by atoms with Crippen LogP contribution in [0.15, 0.2) is 75.4 Å². The number of nitriles is 1. The number of fused-ring (bicyclic) bond motifs is 1. The second-order valence-corrected chi connectivity index (χ2v) is 7.07. The standard InChI is InChI=1S/C22H13F2N3O3S/c23-22(24)30-19-8-4-2-6-16(19)26-11-14(10-25)20-27-17(12-31-20)15-9-13-5-1-3-7-18(13)29-21(15)28/h1-9,11-12,22,26H/b14-11+. The van der Waals surface area contributed by atoms with Crippen molar-refractivity contribution >= 4 is 33.6 Å². The Morgan fingerprint density at radius 3 is 2.81 bits per heavy atom. The minimum absolute atomic E-state index is 0.0559. The molecule has 0 aliphatic rings. The van der Waals surface area contributed by atoms with Crippen LogP contribution in [-0.4, -0.2) is 11.6 Å². The minimum atomic E-state index is -2.97. The number of hydrogen-bond donors (Lipinski definition) is 1. The second kappa shape index (κ2) is 8.77. The lowest BCUT2D eigenvalue weighted by Gasteiger charge is -2.10. The molecule has 31 heavy (non-hydrogen) atoms. The molecule has 154 valence electrons. The largest absolute Gasteiger partial charge is 0.433 e. The van der Waals surface area contributed by atoms with Crippen molar-refractivity contribution in [2.24, 2.45) is 0 Å². The summed E-state index contributed by atoms with van der Waals surface area (Å²) in [5, 5.41) is 15.1. The number of nitrogens with zero attached hydrogens (tertiary/aromatic N) is 2. The van der Waals surface area contributed by atoms with E-state index in [-0.39, 0.29) is 22.6 Å². The summed E-state index contributed by atoms with van der Waals surface area (Å²) in [6, 6.07) is 16.9. The molecule has 0 radical (unpaired) electrons. The van der Waals surface area contributed by atoms with Crippen molar-refractivity contribution in [2.75, 3.05) is 5.32 Å². The molecule has 0 aliphatic heterocycles. The average molecular weight is 437 g/mol. The van der Waals surface area contributed by atoms with E-state index < -0.39 is 12.2 Å². The van der Waals surface area contributed by atoms with E-state index in [1.54, 1.807) is 35.7 Å². The number of halogens is 2. The predicted molar refractivity (Wildman–Crippen MR) is 114 cm³/mol. The summed E-state index contributed by atoms with van der Waals surface area (Å²) < 4.78 is 34.9. The number of hydrogen-bond acceptors (Lipinski definition) is 7. The Bertz CT molecular complexity index is 1370. The molecule has 9 heteroatoms. The summed E-state index contributed by atoms with van der Waals surface area (Å²) in [6.45, 7) is -2.97. The van der Waals surface area contributed by atoms with Crippen LogP contribution >= 0.6 is 11.3 Å². The number of benzene rings is 2. The van der Waals surface area contributed by atoms with Gasteiger partial charge in [-0.25, -0.2) is 9.78 Å². The summed E-state index contributed by atoms with van der Waals surface area (Å²) in [5.74, 6) is -0.0559. The molecule has 1 N–H and O–H groups in total. The molecule has 0 amide bonds. The van der Waals surface area contributed by atoms with Gasteiger partial charge in [-0.05, 0) is 24.3 Å². The molecule has 0 saturated carbocycles. The highest BCUT2D eigenvalue weighted by Crippen LogP contribution is 2.28. The van der Waals surface area contributed by atoms with Crippen LogP contribution < -0.4 is 15.7 Å². The lowest BCUT2D eigenvalue weighted by Crippen LogP contribution is -2.04. The fourth-order valence-corrected chi connectivity index (χ4v) is 3.62. The quantitative estimate of drug-likeness (QED) is 0.317. The van der Waals surface area contributed by atoms with E-state index in [1.165, 1.54) is 29.7 Å². The Labute approximate surface area is 178 Å². The molecule has 0 fully saturated rings. The topological polar surface area (TPSA) is 88.2 Å². The van der Waals surface area contributed by atoms with Gasteiger partial charge < -0.3 is 14.5 Å². The zero-order chi connectivity index (χ0) is 21.8. The Morgan fingerprint density at radius 1 is 1.23 bits per heavy atom. The highest BCUT2D eigenvalue weighted by atomic mass is 32.1. The predicted octanol–water partition coefficient (Wildman–Crippen LogP) is 5.49. The fourth-order valence-electron chi connectivity index (χ4n) is 2.84. The molecule has 0 unspecified atom stereocenters. The molecule has 2 aromatic heterocycles. The van der Waals surface area contributed by atoms with Gasteiger partial charge in [0.1, 0.15) is 28.0 Å². The van der Waals surface area contributed by atoms with E-state index in [9.17, 15) is 18.8 Å². The maximum Gasteiger partial charge on any atom is 0.387 e. The third-order valence-electron chi connectivity index (χ3n) is 4.25. The summed E-state index contributed by atoms with van der Waals surface area (Å²) in [4.78, 5) is 16.7. The van der Waals surface area contributed by atoms with Gasteiger partial charge >= 0.3 is 12.2 Å². The van der Waals surface area contributed by atoms with E-state index in [0.29, 0.717) is 16.3 Å². The van der Waals surface area contributed by atoms with Crippen molar-refractivity contribution < 1.29 is 17.9 Å². The maximum atomic E-state index is 12.6. The number of aromatic nitrogens is 1. The van der Waals surface area contributed by atoms with E-state index in [0.717, 1.165) is 5.39 Å². The van der Waals surface area contributed by atoms with Crippen molar-refractivity contribution in [2.45, 2.75) is 6.61 Å². The first-order chi connectivity index (χ1) is 15.0. The van der Waals surface area contributed by atoms with Crippen molar-refractivity contribution in [3.8, 4) is 23.1 Å². The smallest absolute Gasteiger partial charge is 0.387 e. The molecule has 4 rings (SSSR count). The van der Waals surface area contributed by atoms with Crippen LogP contribution in [0.4, 0.5) is 14.5 Å². The third-order valence-corrected chi connectivity index (χ3v) is 5.12. The SMILES string of the molecule is N#C/C(=C\Nc1ccccc1OC(F)F)c1nc(-c2cc3ccccc3oc2=O)cs1. The lowest BCUT2D eigenvalue weighted by atomic mass is 10.1. The Balaban J connectivity index is 1.63. The van der Waals surface area contributed by atoms with E-state index in [2.05, 4.69) is 15.0 Å². The van der Waals surface area contributed by atoms with Gasteiger partial charge in [-0.3, -0.25) is 0 Å². The zero-order valence-corrected chi connectivity index (χ0v) is 16.5. The van der Waals surface area contributed by atoms with Crippen LogP contribution in [0.2, 0.25) is 0 Å². The van der Waals surface area contributed by atoms with Crippen LogP contribution in [0.5, 0.6) is 5.75 Å². The van der Waals surface area contributed by atoms with E-state index >= 15 is 0 Å². The van der Waals surface area contributed by atoms with Gasteiger partial charge in [0.15, 0.2) is 0 Å². The average Bonchev–Trinajstić information content (AvgIpc) is 3.24. The first kappa shape index (κ1) is 20.3. The molecule has 0 aliphatic carbocycles. The molecule has 6 nitrogen and oxygen atoms in total. The molecule has 0 spiro atoms. The van der Waals surface area contributed by atoms with Gasteiger partial charge in [-0.15, -0.1) is 11.3 Å². The molecule has 2 aromatic carbocycles. The number of alkyl halides is 2. The lowest BCUT2D eigenvalue weighted by molar-refractivity contribution is -0.0493. The van der Waals surface area contributed by atoms with Crippen molar-refractivity contribution in [3.63, 3.8) is 0 Å². The van der Waals surface area contributed by atoms with Crippen LogP contribution in [0, 0.1) is 11.3 Å². The first-order valence-electron chi connectivity index (χ1n) is 8.95. The fraction of sp³-hybridized carbons (Fsp3) is 0.0455. The maximum absolute atomic E-state index is 12.6. The monoisotopic (exact) mass is 437 g/mol. The molecule has 0 bridgehead atoms. The third kappa shape index (κ3) is 4.44. The summed E-state index contributed by atoms with van der Waals surface area (Å²) >= 11 is 1.17. The molecular formula is C22H13F2N3O3S. The van der Waals surface area contributed by atoms with Gasteiger partial charge in [0.2, 0.25) is 0 Å². The number of ether oxygens (including phenoxy) is 1. The number of allylic oxidation sites excluding steroid dienone is 1. The number of para-hydroxylation sites is 3. The van der Waals surface area contributed by atoms with Crippen molar-refractivity contribution in [3.05, 3.63) is 81.6 Å². The summed E-state index contributed by atoms with van der Waals surface area (Å²) in [6.07, 6.45) is 1.35. The Kier molecular flexibility index (Phi) is 5.73. The highest BCUT2D eigenvalue weighted by molar-refractivity contribution is 7.11. The minimum Gasteiger partial charge on any atom is -0.433 e. The molecule has 0 saturated heterocycles. The Hall–Kier alpha value is -4.03.